The van der Waals surface area contributed by atoms with Gasteiger partial charge in [0, 0.05) is 17.2 Å². The van der Waals surface area contributed by atoms with Crippen LogP contribution in [-0.4, -0.2) is 32.8 Å². The fourth-order valence-corrected chi connectivity index (χ4v) is 0.964. The SMILES string of the molecule is O=C(NCCS(=O)(=O)Cl)C(F)(F)F. The van der Waals surface area contributed by atoms with Gasteiger partial charge in [-0.25, -0.2) is 8.42 Å². The summed E-state index contributed by atoms with van der Waals surface area (Å²) in [6.07, 6.45) is -5.00. The van der Waals surface area contributed by atoms with Crippen molar-refractivity contribution in [3.05, 3.63) is 0 Å². The fourth-order valence-electron chi connectivity index (χ4n) is 0.387. The van der Waals surface area contributed by atoms with Crippen LogP contribution in [0, 0.1) is 0 Å². The Hall–Kier alpha value is -0.500. The van der Waals surface area contributed by atoms with Gasteiger partial charge in [-0.1, -0.05) is 0 Å². The molecule has 4 nitrogen and oxygen atoms in total. The van der Waals surface area contributed by atoms with E-state index in [1.807, 2.05) is 0 Å². The lowest BCUT2D eigenvalue weighted by Crippen LogP contribution is -2.38. The smallest absolute Gasteiger partial charge is 0.347 e. The second-order valence-electron chi connectivity index (χ2n) is 2.00. The monoisotopic (exact) mass is 239 g/mol. The Morgan fingerprint density at radius 1 is 1.38 bits per heavy atom. The molecule has 0 bridgehead atoms. The Bertz CT molecular complexity index is 285. The molecule has 0 aliphatic carbocycles. The number of halogens is 4. The molecule has 0 aromatic rings. The van der Waals surface area contributed by atoms with E-state index < -0.39 is 33.4 Å². The molecule has 13 heavy (non-hydrogen) atoms. The molecule has 78 valence electrons. The lowest BCUT2D eigenvalue weighted by molar-refractivity contribution is -0.173. The molecule has 0 heterocycles. The molecule has 0 unspecified atom stereocenters. The van der Waals surface area contributed by atoms with Gasteiger partial charge < -0.3 is 5.32 Å². The van der Waals surface area contributed by atoms with E-state index in [4.69, 9.17) is 0 Å². The second kappa shape index (κ2) is 4.14. The van der Waals surface area contributed by atoms with Gasteiger partial charge in [-0.3, -0.25) is 4.79 Å². The molecule has 0 saturated carbocycles. The Morgan fingerprint density at radius 2 is 1.85 bits per heavy atom. The summed E-state index contributed by atoms with van der Waals surface area (Å²) in [5.74, 6) is -2.93. The molecule has 0 aliphatic rings. The highest BCUT2D eigenvalue weighted by molar-refractivity contribution is 8.13. The van der Waals surface area contributed by atoms with Crippen molar-refractivity contribution in [2.45, 2.75) is 6.18 Å². The van der Waals surface area contributed by atoms with Crippen LogP contribution >= 0.6 is 10.7 Å². The van der Waals surface area contributed by atoms with Crippen molar-refractivity contribution in [3.63, 3.8) is 0 Å². The van der Waals surface area contributed by atoms with Gasteiger partial charge in [0.15, 0.2) is 0 Å². The van der Waals surface area contributed by atoms with Crippen molar-refractivity contribution in [3.8, 4) is 0 Å². The van der Waals surface area contributed by atoms with Crippen LogP contribution in [0.2, 0.25) is 0 Å². The van der Waals surface area contributed by atoms with Gasteiger partial charge in [0.1, 0.15) is 0 Å². The van der Waals surface area contributed by atoms with E-state index in [1.54, 1.807) is 0 Å². The predicted octanol–water partition coefficient (Wildman–Crippen LogP) is 0.234. The zero-order chi connectivity index (χ0) is 10.7. The van der Waals surface area contributed by atoms with Crippen molar-refractivity contribution in [1.82, 2.24) is 5.32 Å². The van der Waals surface area contributed by atoms with Crippen LogP contribution in [-0.2, 0) is 13.8 Å². The number of nitrogens with one attached hydrogen (secondary N) is 1. The maximum Gasteiger partial charge on any atom is 0.471 e. The summed E-state index contributed by atoms with van der Waals surface area (Å²) in [5.41, 5.74) is 0. The summed E-state index contributed by atoms with van der Waals surface area (Å²) in [4.78, 5) is 10.1. The van der Waals surface area contributed by atoms with E-state index in [9.17, 15) is 26.4 Å². The highest BCUT2D eigenvalue weighted by atomic mass is 35.7. The zero-order valence-corrected chi connectivity index (χ0v) is 7.63. The summed E-state index contributed by atoms with van der Waals surface area (Å²) >= 11 is 0. The molecule has 0 saturated heterocycles. The maximum atomic E-state index is 11.5. The van der Waals surface area contributed by atoms with Gasteiger partial charge in [0.2, 0.25) is 9.05 Å². The van der Waals surface area contributed by atoms with Gasteiger partial charge in [-0.05, 0) is 0 Å². The molecule has 0 atom stereocenters. The lowest BCUT2D eigenvalue weighted by Gasteiger charge is -2.05. The molecular weight excluding hydrogens is 235 g/mol. The van der Waals surface area contributed by atoms with Crippen molar-refractivity contribution in [2.24, 2.45) is 0 Å². The number of hydrogen-bond donors (Lipinski definition) is 1. The highest BCUT2D eigenvalue weighted by Crippen LogP contribution is 2.13. The van der Waals surface area contributed by atoms with Crippen molar-refractivity contribution in [1.29, 1.82) is 0 Å². The standard InChI is InChI=1S/C4H5ClF3NO3S/c5-13(11,12)2-1-9-3(10)4(6,7)8/h1-2H2,(H,9,10). The molecule has 1 amide bonds. The second-order valence-corrected chi connectivity index (χ2v) is 4.89. The molecule has 0 spiro atoms. The molecule has 0 rings (SSSR count). The highest BCUT2D eigenvalue weighted by Gasteiger charge is 2.38. The normalized spacial score (nSPS) is 12.6. The third kappa shape index (κ3) is 6.64. The van der Waals surface area contributed by atoms with Gasteiger partial charge >= 0.3 is 12.1 Å². The lowest BCUT2D eigenvalue weighted by atomic mass is 10.5. The summed E-state index contributed by atoms with van der Waals surface area (Å²) in [7, 11) is 0.795. The predicted molar refractivity (Wildman–Crippen MR) is 38.7 cm³/mol. The van der Waals surface area contributed by atoms with Crippen LogP contribution in [0.3, 0.4) is 0 Å². The quantitative estimate of drug-likeness (QED) is 0.718. The zero-order valence-electron chi connectivity index (χ0n) is 6.06. The molecule has 0 radical (unpaired) electrons. The molecule has 0 aliphatic heterocycles. The van der Waals surface area contributed by atoms with E-state index in [2.05, 4.69) is 10.7 Å². The molecule has 0 aromatic heterocycles. The Kier molecular flexibility index (Phi) is 3.98. The van der Waals surface area contributed by atoms with E-state index in [1.165, 1.54) is 5.32 Å². The first-order chi connectivity index (χ1) is 5.63. The molecule has 0 fully saturated rings. The van der Waals surface area contributed by atoms with Crippen LogP contribution in [0.15, 0.2) is 0 Å². The largest absolute Gasteiger partial charge is 0.471 e. The Morgan fingerprint density at radius 3 is 2.15 bits per heavy atom. The van der Waals surface area contributed by atoms with E-state index >= 15 is 0 Å². The third-order valence-corrected chi connectivity index (χ3v) is 2.04. The van der Waals surface area contributed by atoms with Gasteiger partial charge in [-0.2, -0.15) is 13.2 Å². The Labute approximate surface area is 76.5 Å². The number of rotatable bonds is 3. The van der Waals surface area contributed by atoms with Crippen molar-refractivity contribution >= 4 is 25.6 Å². The topological polar surface area (TPSA) is 63.2 Å². The van der Waals surface area contributed by atoms with Crippen LogP contribution in [0.5, 0.6) is 0 Å². The number of hydrogen-bond acceptors (Lipinski definition) is 3. The van der Waals surface area contributed by atoms with E-state index in [-0.39, 0.29) is 0 Å². The summed E-state index contributed by atoms with van der Waals surface area (Å²) in [6.45, 7) is -0.663. The summed E-state index contributed by atoms with van der Waals surface area (Å²) in [6, 6.07) is 0. The van der Waals surface area contributed by atoms with Gasteiger partial charge in [0.05, 0.1) is 5.75 Å². The number of amides is 1. The first kappa shape index (κ1) is 12.5. The van der Waals surface area contributed by atoms with Crippen LogP contribution in [0.1, 0.15) is 0 Å². The fraction of sp³-hybridized carbons (Fsp3) is 0.750. The van der Waals surface area contributed by atoms with Crippen LogP contribution < -0.4 is 5.32 Å². The minimum absolute atomic E-state index is 0.663. The first-order valence-electron chi connectivity index (χ1n) is 2.90. The molecule has 9 heteroatoms. The van der Waals surface area contributed by atoms with Gasteiger partial charge in [-0.15, -0.1) is 0 Å². The van der Waals surface area contributed by atoms with E-state index in [0.717, 1.165) is 0 Å². The summed E-state index contributed by atoms with van der Waals surface area (Å²) in [5, 5.41) is 1.35. The minimum Gasteiger partial charge on any atom is -0.347 e. The van der Waals surface area contributed by atoms with Crippen molar-refractivity contribution in [2.75, 3.05) is 12.3 Å². The van der Waals surface area contributed by atoms with E-state index in [0.29, 0.717) is 0 Å². The molecule has 0 aromatic carbocycles. The first-order valence-corrected chi connectivity index (χ1v) is 5.38. The number of carbonyl (C=O) groups excluding carboxylic acids is 1. The van der Waals surface area contributed by atoms with Gasteiger partial charge in [0.25, 0.3) is 0 Å². The average molecular weight is 240 g/mol. The maximum absolute atomic E-state index is 11.5. The minimum atomic E-state index is -5.00. The third-order valence-electron chi connectivity index (χ3n) is 0.889. The van der Waals surface area contributed by atoms with Crippen LogP contribution in [0.4, 0.5) is 13.2 Å². The van der Waals surface area contributed by atoms with Crippen molar-refractivity contribution < 1.29 is 26.4 Å². The number of carbonyl (C=O) groups is 1. The number of alkyl halides is 3. The summed E-state index contributed by atoms with van der Waals surface area (Å²) < 4.78 is 54.8. The molecular formula is C4H5ClF3NO3S. The van der Waals surface area contributed by atoms with Crippen LogP contribution in [0.25, 0.3) is 0 Å². The Balaban J connectivity index is 3.87. The average Bonchev–Trinajstić information content (AvgIpc) is 1.82. The molecule has 1 N–H and O–H groups in total.